The summed E-state index contributed by atoms with van der Waals surface area (Å²) in [5, 5.41) is 16.3. The second-order valence-corrected chi connectivity index (χ2v) is 6.54. The van der Waals surface area contributed by atoms with E-state index >= 15 is 0 Å². The van der Waals surface area contributed by atoms with Crippen LogP contribution in [0.15, 0.2) is 29.6 Å². The second kappa shape index (κ2) is 5.94. The lowest BCUT2D eigenvalue weighted by atomic mass is 9.93. The Bertz CT molecular complexity index is 573. The van der Waals surface area contributed by atoms with Crippen molar-refractivity contribution in [2.24, 2.45) is 0 Å². The summed E-state index contributed by atoms with van der Waals surface area (Å²) in [7, 11) is 0. The monoisotopic (exact) mass is 288 g/mol. The number of aliphatic hydroxyl groups is 1. The van der Waals surface area contributed by atoms with Gasteiger partial charge in [0.05, 0.1) is 16.8 Å². The highest BCUT2D eigenvalue weighted by molar-refractivity contribution is 7.09. The average molecular weight is 288 g/mol. The minimum Gasteiger partial charge on any atom is -0.393 e. The van der Waals surface area contributed by atoms with Crippen molar-refractivity contribution in [1.82, 2.24) is 4.98 Å². The first-order chi connectivity index (χ1) is 9.70. The lowest BCUT2D eigenvalue weighted by Crippen LogP contribution is -2.28. The number of aliphatic hydroxyl groups excluding tert-OH is 1. The van der Waals surface area contributed by atoms with Crippen LogP contribution in [-0.2, 0) is 0 Å². The summed E-state index contributed by atoms with van der Waals surface area (Å²) in [4.78, 5) is 4.54. The zero-order valence-corrected chi connectivity index (χ0v) is 12.5. The fourth-order valence-electron chi connectivity index (χ4n) is 2.72. The Balaban J connectivity index is 1.71. The van der Waals surface area contributed by atoms with Gasteiger partial charge in [-0.15, -0.1) is 11.3 Å². The predicted molar refractivity (Wildman–Crippen MR) is 84.2 cm³/mol. The van der Waals surface area contributed by atoms with Crippen LogP contribution in [0.25, 0.3) is 11.3 Å². The lowest BCUT2D eigenvalue weighted by Gasteiger charge is -2.27. The highest BCUT2D eigenvalue weighted by atomic mass is 32.1. The zero-order chi connectivity index (χ0) is 13.9. The van der Waals surface area contributed by atoms with Crippen LogP contribution in [0.3, 0.4) is 0 Å². The van der Waals surface area contributed by atoms with Crippen molar-refractivity contribution in [2.75, 3.05) is 5.32 Å². The van der Waals surface area contributed by atoms with Crippen LogP contribution < -0.4 is 5.32 Å². The third kappa shape index (κ3) is 3.19. The van der Waals surface area contributed by atoms with Gasteiger partial charge in [0, 0.05) is 22.7 Å². The van der Waals surface area contributed by atoms with E-state index in [1.807, 2.05) is 6.92 Å². The molecule has 1 heterocycles. The van der Waals surface area contributed by atoms with Gasteiger partial charge in [0.25, 0.3) is 0 Å². The molecule has 1 aliphatic rings. The molecule has 3 nitrogen and oxygen atoms in total. The number of rotatable bonds is 3. The number of thiazole rings is 1. The van der Waals surface area contributed by atoms with Gasteiger partial charge in [-0.05, 0) is 44.7 Å². The van der Waals surface area contributed by atoms with Gasteiger partial charge in [0.1, 0.15) is 0 Å². The average Bonchev–Trinajstić information content (AvgIpc) is 2.89. The molecule has 0 spiro atoms. The van der Waals surface area contributed by atoms with E-state index in [-0.39, 0.29) is 6.10 Å². The number of anilines is 1. The van der Waals surface area contributed by atoms with E-state index in [0.29, 0.717) is 6.04 Å². The maximum atomic E-state index is 9.55. The molecule has 1 fully saturated rings. The van der Waals surface area contributed by atoms with Crippen LogP contribution in [0, 0.1) is 6.92 Å². The van der Waals surface area contributed by atoms with Gasteiger partial charge >= 0.3 is 0 Å². The van der Waals surface area contributed by atoms with Crippen molar-refractivity contribution < 1.29 is 5.11 Å². The summed E-state index contributed by atoms with van der Waals surface area (Å²) in [5.41, 5.74) is 3.36. The molecule has 1 aliphatic carbocycles. The number of aromatic nitrogens is 1. The fourth-order valence-corrected chi connectivity index (χ4v) is 3.34. The zero-order valence-electron chi connectivity index (χ0n) is 11.7. The van der Waals surface area contributed by atoms with E-state index in [9.17, 15) is 5.11 Å². The van der Waals surface area contributed by atoms with E-state index in [4.69, 9.17) is 0 Å². The van der Waals surface area contributed by atoms with Crippen molar-refractivity contribution in [2.45, 2.75) is 44.8 Å². The molecule has 0 aliphatic heterocycles. The molecule has 2 N–H and O–H groups in total. The molecule has 0 radical (unpaired) electrons. The third-order valence-corrected chi connectivity index (χ3v) is 4.62. The second-order valence-electron chi connectivity index (χ2n) is 5.48. The van der Waals surface area contributed by atoms with E-state index in [0.717, 1.165) is 47.6 Å². The van der Waals surface area contributed by atoms with E-state index in [1.165, 1.54) is 0 Å². The van der Waals surface area contributed by atoms with Crippen LogP contribution in [0.4, 0.5) is 5.69 Å². The summed E-state index contributed by atoms with van der Waals surface area (Å²) in [5.74, 6) is 0. The number of hydrogen-bond acceptors (Lipinski definition) is 4. The van der Waals surface area contributed by atoms with Gasteiger partial charge < -0.3 is 10.4 Å². The molecule has 0 bridgehead atoms. The maximum Gasteiger partial charge on any atom is 0.0901 e. The van der Waals surface area contributed by atoms with Crippen LogP contribution in [0.1, 0.15) is 30.7 Å². The van der Waals surface area contributed by atoms with Gasteiger partial charge in [0.2, 0.25) is 0 Å². The molecule has 1 aromatic carbocycles. The molecule has 1 aromatic heterocycles. The van der Waals surface area contributed by atoms with Gasteiger partial charge in [-0.3, -0.25) is 0 Å². The predicted octanol–water partition coefficient (Wildman–Crippen LogP) is 3.83. The van der Waals surface area contributed by atoms with E-state index in [1.54, 1.807) is 11.3 Å². The number of benzene rings is 1. The molecule has 1 saturated carbocycles. The van der Waals surface area contributed by atoms with E-state index < -0.39 is 0 Å². The Kier molecular flexibility index (Phi) is 4.03. The van der Waals surface area contributed by atoms with Crippen LogP contribution >= 0.6 is 11.3 Å². The number of nitrogens with zero attached hydrogens (tertiary/aromatic N) is 1. The van der Waals surface area contributed by atoms with Crippen molar-refractivity contribution in [3.05, 3.63) is 34.7 Å². The Labute approximate surface area is 123 Å². The van der Waals surface area contributed by atoms with Crippen LogP contribution in [0.2, 0.25) is 0 Å². The molecule has 0 saturated heterocycles. The van der Waals surface area contributed by atoms with Crippen LogP contribution in [-0.4, -0.2) is 22.2 Å². The summed E-state index contributed by atoms with van der Waals surface area (Å²) >= 11 is 1.68. The van der Waals surface area contributed by atoms with Crippen molar-refractivity contribution in [3.8, 4) is 11.3 Å². The molecule has 2 aromatic rings. The first-order valence-electron chi connectivity index (χ1n) is 7.18. The fraction of sp³-hybridized carbons (Fsp3) is 0.438. The molecule has 106 valence electrons. The Morgan fingerprint density at radius 1 is 1.25 bits per heavy atom. The molecule has 0 atom stereocenters. The van der Waals surface area contributed by atoms with Crippen molar-refractivity contribution in [1.29, 1.82) is 0 Å². The molecule has 20 heavy (non-hydrogen) atoms. The van der Waals surface area contributed by atoms with Gasteiger partial charge in [0.15, 0.2) is 0 Å². The minimum absolute atomic E-state index is 0.0997. The molecular weight excluding hydrogens is 268 g/mol. The van der Waals surface area contributed by atoms with Gasteiger partial charge in [-0.2, -0.15) is 0 Å². The number of nitrogens with one attached hydrogen (secondary N) is 1. The first-order valence-corrected chi connectivity index (χ1v) is 8.06. The lowest BCUT2D eigenvalue weighted by molar-refractivity contribution is 0.126. The summed E-state index contributed by atoms with van der Waals surface area (Å²) in [6, 6.07) is 8.92. The maximum absolute atomic E-state index is 9.55. The minimum atomic E-state index is -0.0997. The Morgan fingerprint density at radius 3 is 2.75 bits per heavy atom. The number of aryl methyl sites for hydroxylation is 1. The Morgan fingerprint density at radius 2 is 2.05 bits per heavy atom. The van der Waals surface area contributed by atoms with Crippen molar-refractivity contribution >= 4 is 17.0 Å². The van der Waals surface area contributed by atoms with Crippen LogP contribution in [0.5, 0.6) is 0 Å². The number of hydrogen-bond donors (Lipinski definition) is 2. The molecular formula is C16H20N2OS. The highest BCUT2D eigenvalue weighted by Crippen LogP contribution is 2.26. The summed E-state index contributed by atoms with van der Waals surface area (Å²) in [6.07, 6.45) is 3.80. The van der Waals surface area contributed by atoms with Crippen molar-refractivity contribution in [3.63, 3.8) is 0 Å². The smallest absolute Gasteiger partial charge is 0.0901 e. The standard InChI is InChI=1S/C16H20N2OS/c1-11-17-16(10-20-11)12-3-2-4-14(9-12)18-13-5-7-15(19)8-6-13/h2-4,9-10,13,15,18-19H,5-8H2,1H3. The highest BCUT2D eigenvalue weighted by Gasteiger charge is 2.19. The van der Waals surface area contributed by atoms with Gasteiger partial charge in [-0.1, -0.05) is 12.1 Å². The first kappa shape index (κ1) is 13.6. The normalized spacial score (nSPS) is 22.7. The molecule has 3 rings (SSSR count). The molecule has 0 amide bonds. The molecule has 0 unspecified atom stereocenters. The quantitative estimate of drug-likeness (QED) is 0.902. The van der Waals surface area contributed by atoms with E-state index in [2.05, 4.69) is 39.9 Å². The molecule has 4 heteroatoms. The topological polar surface area (TPSA) is 45.2 Å². The third-order valence-electron chi connectivity index (χ3n) is 3.84. The summed E-state index contributed by atoms with van der Waals surface area (Å²) in [6.45, 7) is 2.03. The SMILES string of the molecule is Cc1nc(-c2cccc(NC3CCC(O)CC3)c2)cs1. The Hall–Kier alpha value is -1.39. The summed E-state index contributed by atoms with van der Waals surface area (Å²) < 4.78 is 0. The largest absolute Gasteiger partial charge is 0.393 e. The van der Waals surface area contributed by atoms with Gasteiger partial charge in [-0.25, -0.2) is 4.98 Å².